The largest absolute Gasteiger partial charge is 0.503 e. The first kappa shape index (κ1) is 19.7. The molecule has 30 heavy (non-hydrogen) atoms. The minimum atomic E-state index is -0.473. The van der Waals surface area contributed by atoms with Crippen LogP contribution in [0.2, 0.25) is 0 Å². The summed E-state index contributed by atoms with van der Waals surface area (Å²) in [6.45, 7) is 4.37. The van der Waals surface area contributed by atoms with Gasteiger partial charge in [0, 0.05) is 17.1 Å². The Morgan fingerprint density at radius 1 is 1.10 bits per heavy atom. The van der Waals surface area contributed by atoms with Crippen molar-refractivity contribution < 1.29 is 19.7 Å². The second-order valence-electron chi connectivity index (χ2n) is 6.70. The number of aromatic hydroxyl groups is 2. The van der Waals surface area contributed by atoms with Crippen molar-refractivity contribution in [2.45, 2.75) is 13.8 Å². The summed E-state index contributed by atoms with van der Waals surface area (Å²) in [5.74, 6) is -0.647. The van der Waals surface area contributed by atoms with Crippen LogP contribution in [0, 0.1) is 6.92 Å². The van der Waals surface area contributed by atoms with Gasteiger partial charge in [-0.15, -0.1) is 11.3 Å². The average Bonchev–Trinajstić information content (AvgIpc) is 3.36. The molecule has 4 aromatic rings. The molecule has 6 nitrogen and oxygen atoms in total. The van der Waals surface area contributed by atoms with E-state index in [0.29, 0.717) is 34.3 Å². The van der Waals surface area contributed by atoms with Crippen LogP contribution in [0.15, 0.2) is 60.1 Å². The number of aromatic nitrogens is 2. The molecule has 7 heteroatoms. The topological polar surface area (TPSA) is 84.6 Å². The Morgan fingerprint density at radius 3 is 2.40 bits per heavy atom. The summed E-state index contributed by atoms with van der Waals surface area (Å²) in [5.41, 5.74) is 2.52. The van der Waals surface area contributed by atoms with E-state index >= 15 is 0 Å². The van der Waals surface area contributed by atoms with Crippen molar-refractivity contribution in [3.05, 3.63) is 76.8 Å². The fourth-order valence-corrected chi connectivity index (χ4v) is 3.92. The van der Waals surface area contributed by atoms with E-state index in [1.54, 1.807) is 35.8 Å². The number of ketones is 1. The first-order chi connectivity index (χ1) is 14.5. The molecule has 0 aliphatic carbocycles. The van der Waals surface area contributed by atoms with Crippen LogP contribution >= 0.6 is 11.3 Å². The summed E-state index contributed by atoms with van der Waals surface area (Å²) in [5, 5.41) is 23.7. The number of carbonyl (C=O) groups excluding carboxylic acids is 1. The molecule has 2 aromatic heterocycles. The van der Waals surface area contributed by atoms with Crippen LogP contribution in [0.25, 0.3) is 16.4 Å². The van der Waals surface area contributed by atoms with Gasteiger partial charge in [0.25, 0.3) is 0 Å². The average molecular weight is 420 g/mol. The van der Waals surface area contributed by atoms with Gasteiger partial charge in [-0.1, -0.05) is 29.8 Å². The fourth-order valence-electron chi connectivity index (χ4n) is 3.27. The number of hydrogen-bond donors (Lipinski definition) is 2. The normalized spacial score (nSPS) is 10.9. The lowest BCUT2D eigenvalue weighted by Gasteiger charge is -2.10. The van der Waals surface area contributed by atoms with Gasteiger partial charge in [0.05, 0.1) is 17.9 Å². The van der Waals surface area contributed by atoms with Gasteiger partial charge in [-0.25, -0.2) is 4.98 Å². The molecule has 0 amide bonds. The van der Waals surface area contributed by atoms with E-state index in [4.69, 9.17) is 4.74 Å². The number of nitrogens with zero attached hydrogens (tertiary/aromatic N) is 2. The van der Waals surface area contributed by atoms with Gasteiger partial charge in [-0.2, -0.15) is 0 Å². The molecule has 152 valence electrons. The van der Waals surface area contributed by atoms with Gasteiger partial charge >= 0.3 is 0 Å². The van der Waals surface area contributed by atoms with Gasteiger partial charge < -0.3 is 14.9 Å². The van der Waals surface area contributed by atoms with Crippen LogP contribution < -0.4 is 4.74 Å². The number of ether oxygens (including phenoxy) is 1. The highest BCUT2D eigenvalue weighted by atomic mass is 32.1. The Kier molecular flexibility index (Phi) is 5.29. The van der Waals surface area contributed by atoms with E-state index < -0.39 is 17.4 Å². The molecule has 0 aliphatic rings. The molecule has 0 atom stereocenters. The Labute approximate surface area is 177 Å². The predicted octanol–water partition coefficient (Wildman–Crippen LogP) is 4.95. The summed E-state index contributed by atoms with van der Waals surface area (Å²) in [6, 6.07) is 14.2. The highest BCUT2D eigenvalue weighted by Gasteiger charge is 2.30. The fraction of sp³-hybridized carbons (Fsp3) is 0.130. The van der Waals surface area contributed by atoms with Crippen LogP contribution in [-0.4, -0.2) is 32.2 Å². The van der Waals surface area contributed by atoms with E-state index in [2.05, 4.69) is 4.98 Å². The smallest absolute Gasteiger partial charge is 0.242 e. The summed E-state index contributed by atoms with van der Waals surface area (Å²) in [7, 11) is 0. The van der Waals surface area contributed by atoms with Crippen molar-refractivity contribution in [2.75, 3.05) is 6.61 Å². The maximum absolute atomic E-state index is 13.4. The van der Waals surface area contributed by atoms with Gasteiger partial charge in [0.15, 0.2) is 16.7 Å². The third-order valence-electron chi connectivity index (χ3n) is 4.71. The van der Waals surface area contributed by atoms with Gasteiger partial charge in [-0.05, 0) is 43.7 Å². The standard InChI is InChI=1S/C23H20N2O4S/c1-3-29-17-10-8-16(9-11-17)20(26)18-19(15-6-4-14(2)5-7-15)25(22(28)21(18)27)23-24-12-13-30-23/h4-13,27-28H,3H2,1-2H3. The number of thiazole rings is 1. The van der Waals surface area contributed by atoms with Gasteiger partial charge in [0.2, 0.25) is 5.88 Å². The van der Waals surface area contributed by atoms with Crippen molar-refractivity contribution in [3.63, 3.8) is 0 Å². The quantitative estimate of drug-likeness (QED) is 0.431. The second-order valence-corrected chi connectivity index (χ2v) is 7.57. The van der Waals surface area contributed by atoms with Crippen LogP contribution in [0.3, 0.4) is 0 Å². The van der Waals surface area contributed by atoms with E-state index in [1.807, 2.05) is 38.1 Å². The van der Waals surface area contributed by atoms with Crippen LogP contribution in [-0.2, 0) is 0 Å². The Balaban J connectivity index is 1.91. The Hall–Kier alpha value is -3.58. The SMILES string of the molecule is CCOc1ccc(C(=O)c2c(O)c(O)n(-c3nccs3)c2-c2ccc(C)cc2)cc1. The molecule has 0 spiro atoms. The number of aryl methyl sites for hydroxylation is 1. The van der Waals surface area contributed by atoms with Crippen molar-refractivity contribution in [3.8, 4) is 33.8 Å². The van der Waals surface area contributed by atoms with Crippen LogP contribution in [0.4, 0.5) is 0 Å². The first-order valence-electron chi connectivity index (χ1n) is 9.42. The Morgan fingerprint density at radius 2 is 1.80 bits per heavy atom. The van der Waals surface area contributed by atoms with E-state index in [0.717, 1.165) is 5.56 Å². The highest BCUT2D eigenvalue weighted by molar-refractivity contribution is 7.12. The molecule has 2 heterocycles. The minimum absolute atomic E-state index is 0.0238. The van der Waals surface area contributed by atoms with Crippen molar-refractivity contribution in [2.24, 2.45) is 0 Å². The molecule has 0 saturated carbocycles. The minimum Gasteiger partial charge on any atom is -0.503 e. The Bertz CT molecular complexity index is 1180. The van der Waals surface area contributed by atoms with E-state index in [1.165, 1.54) is 15.9 Å². The number of hydrogen-bond acceptors (Lipinski definition) is 6. The molecule has 0 aliphatic heterocycles. The molecule has 0 unspecified atom stereocenters. The summed E-state index contributed by atoms with van der Waals surface area (Å²) >= 11 is 1.29. The number of benzene rings is 2. The zero-order valence-electron chi connectivity index (χ0n) is 16.5. The zero-order chi connectivity index (χ0) is 21.3. The maximum Gasteiger partial charge on any atom is 0.242 e. The molecular formula is C23H20N2O4S. The predicted molar refractivity (Wildman–Crippen MR) is 116 cm³/mol. The molecule has 4 rings (SSSR count). The van der Waals surface area contributed by atoms with Crippen molar-refractivity contribution in [1.82, 2.24) is 9.55 Å². The molecule has 0 bridgehead atoms. The lowest BCUT2D eigenvalue weighted by atomic mass is 9.98. The highest BCUT2D eigenvalue weighted by Crippen LogP contribution is 2.44. The number of carbonyl (C=O) groups is 1. The van der Waals surface area contributed by atoms with Crippen molar-refractivity contribution in [1.29, 1.82) is 0 Å². The third kappa shape index (κ3) is 3.44. The lowest BCUT2D eigenvalue weighted by molar-refractivity contribution is 0.103. The monoisotopic (exact) mass is 420 g/mol. The second kappa shape index (κ2) is 8.04. The summed E-state index contributed by atoms with van der Waals surface area (Å²) < 4.78 is 6.84. The van der Waals surface area contributed by atoms with Crippen LogP contribution in [0.5, 0.6) is 17.4 Å². The van der Waals surface area contributed by atoms with Crippen molar-refractivity contribution >= 4 is 17.1 Å². The molecule has 0 radical (unpaired) electrons. The van der Waals surface area contributed by atoms with Gasteiger partial charge in [-0.3, -0.25) is 9.36 Å². The first-order valence-corrected chi connectivity index (χ1v) is 10.3. The molecular weight excluding hydrogens is 400 g/mol. The molecule has 0 saturated heterocycles. The van der Waals surface area contributed by atoms with E-state index in [9.17, 15) is 15.0 Å². The van der Waals surface area contributed by atoms with Gasteiger partial charge in [0.1, 0.15) is 5.75 Å². The maximum atomic E-state index is 13.4. The number of rotatable bonds is 6. The zero-order valence-corrected chi connectivity index (χ0v) is 17.3. The van der Waals surface area contributed by atoms with Crippen LogP contribution in [0.1, 0.15) is 28.4 Å². The summed E-state index contributed by atoms with van der Waals surface area (Å²) in [4.78, 5) is 17.6. The summed E-state index contributed by atoms with van der Waals surface area (Å²) in [6.07, 6.45) is 1.60. The molecule has 2 N–H and O–H groups in total. The van der Waals surface area contributed by atoms with E-state index in [-0.39, 0.29) is 5.56 Å². The molecule has 0 fully saturated rings. The lowest BCUT2D eigenvalue weighted by Crippen LogP contribution is -2.05. The molecule has 2 aromatic carbocycles. The third-order valence-corrected chi connectivity index (χ3v) is 5.47.